The van der Waals surface area contributed by atoms with Crippen LogP contribution in [0, 0.1) is 5.92 Å². The highest BCUT2D eigenvalue weighted by atomic mass is 16.1. The number of H-pyrrole nitrogens is 1. The average molecular weight is 213 g/mol. The molecule has 2 rings (SSSR count). The molecule has 0 aliphatic heterocycles. The highest BCUT2D eigenvalue weighted by Gasteiger charge is 2.14. The van der Waals surface area contributed by atoms with Gasteiger partial charge in [-0.2, -0.15) is 0 Å². The fourth-order valence-electron chi connectivity index (χ4n) is 1.60. The van der Waals surface area contributed by atoms with E-state index in [-0.39, 0.29) is 5.78 Å². The second-order valence-electron chi connectivity index (χ2n) is 4.22. The third kappa shape index (κ3) is 1.98. The van der Waals surface area contributed by atoms with Crippen molar-refractivity contribution >= 4 is 30.4 Å². The number of carbonyl (C=O) groups excluding carboxylic acids is 1. The number of nitrogens with zero attached hydrogens (tertiary/aromatic N) is 2. The van der Waals surface area contributed by atoms with Crippen molar-refractivity contribution in [1.82, 2.24) is 15.0 Å². The van der Waals surface area contributed by atoms with Crippen LogP contribution in [-0.2, 0) is 0 Å². The van der Waals surface area contributed by atoms with Crippen LogP contribution >= 0.6 is 0 Å². The lowest BCUT2D eigenvalue weighted by Gasteiger charge is -2.02. The van der Waals surface area contributed by atoms with Gasteiger partial charge in [0.2, 0.25) is 0 Å². The minimum absolute atomic E-state index is 0.0705. The molecule has 0 spiro atoms. The van der Waals surface area contributed by atoms with Crippen LogP contribution in [0.3, 0.4) is 0 Å². The van der Waals surface area contributed by atoms with Crippen molar-refractivity contribution in [3.63, 3.8) is 0 Å². The van der Waals surface area contributed by atoms with E-state index in [1.165, 1.54) is 6.20 Å². The van der Waals surface area contributed by atoms with E-state index in [9.17, 15) is 4.79 Å². The van der Waals surface area contributed by atoms with Crippen LogP contribution in [0.1, 0.15) is 30.6 Å². The molecule has 2 aromatic heterocycles. The Bertz CT molecular complexity index is 533. The molecule has 0 atom stereocenters. The van der Waals surface area contributed by atoms with Crippen LogP contribution in [0.15, 0.2) is 12.4 Å². The molecule has 80 valence electrons. The molecule has 0 aliphatic carbocycles. The summed E-state index contributed by atoms with van der Waals surface area (Å²) in [6.45, 7) is 4.01. The summed E-state index contributed by atoms with van der Waals surface area (Å²) in [7, 11) is 5.55. The summed E-state index contributed by atoms with van der Waals surface area (Å²) >= 11 is 0. The second kappa shape index (κ2) is 4.08. The Kier molecular flexibility index (Phi) is 2.77. The predicted molar refractivity (Wildman–Crippen MR) is 63.1 cm³/mol. The van der Waals surface area contributed by atoms with Crippen LogP contribution in [-0.4, -0.2) is 28.6 Å². The van der Waals surface area contributed by atoms with Crippen LogP contribution in [0.4, 0.5) is 0 Å². The van der Waals surface area contributed by atoms with E-state index in [0.29, 0.717) is 34.7 Å². The second-order valence-corrected chi connectivity index (χ2v) is 4.22. The number of rotatable bonds is 3. The summed E-state index contributed by atoms with van der Waals surface area (Å²) in [6.07, 6.45) is 3.62. The summed E-state index contributed by atoms with van der Waals surface area (Å²) < 4.78 is 0. The van der Waals surface area contributed by atoms with Crippen LogP contribution in [0.5, 0.6) is 0 Å². The number of Topliss-reactive ketones (excluding diaryl/α,β-unsaturated/α-hetero) is 1. The molecule has 0 unspecified atom stereocenters. The number of carbonyl (C=O) groups is 1. The van der Waals surface area contributed by atoms with Gasteiger partial charge in [-0.1, -0.05) is 13.8 Å². The molecule has 0 saturated carbocycles. The normalized spacial score (nSPS) is 11.2. The molecule has 0 bridgehead atoms. The number of nitrogens with one attached hydrogen (secondary N) is 1. The number of aromatic nitrogens is 3. The van der Waals surface area contributed by atoms with Crippen molar-refractivity contribution in [2.24, 2.45) is 5.92 Å². The van der Waals surface area contributed by atoms with Crippen LogP contribution in [0.2, 0.25) is 0 Å². The average Bonchev–Trinajstić information content (AvgIpc) is 2.59. The molecule has 2 aromatic rings. The molecule has 2 heterocycles. The maximum atomic E-state index is 11.9. The minimum Gasteiger partial charge on any atom is -0.344 e. The predicted octanol–water partition coefficient (Wildman–Crippen LogP) is 0.980. The molecule has 5 heteroatoms. The molecule has 0 aromatic carbocycles. The van der Waals surface area contributed by atoms with Crippen molar-refractivity contribution in [3.8, 4) is 0 Å². The summed E-state index contributed by atoms with van der Waals surface area (Å²) in [4.78, 5) is 23.0. The van der Waals surface area contributed by atoms with Gasteiger partial charge in [0.05, 0.1) is 5.56 Å². The lowest BCUT2D eigenvalue weighted by atomic mass is 10.0. The number of ketones is 1. The Morgan fingerprint density at radius 1 is 1.56 bits per heavy atom. The molecule has 1 N–H and O–H groups in total. The first kappa shape index (κ1) is 10.9. The van der Waals surface area contributed by atoms with Gasteiger partial charge in [-0.25, -0.2) is 4.98 Å². The Balaban J connectivity index is 2.44. The largest absolute Gasteiger partial charge is 0.344 e. The molecule has 16 heavy (non-hydrogen) atoms. The van der Waals surface area contributed by atoms with Crippen molar-refractivity contribution in [2.75, 3.05) is 0 Å². The van der Waals surface area contributed by atoms with Gasteiger partial charge in [-0.05, 0) is 5.92 Å². The van der Waals surface area contributed by atoms with Gasteiger partial charge in [0.1, 0.15) is 13.4 Å². The third-order valence-electron chi connectivity index (χ3n) is 2.29. The number of hydrogen-bond acceptors (Lipinski definition) is 3. The molecule has 4 nitrogen and oxygen atoms in total. The highest BCUT2D eigenvalue weighted by molar-refractivity contribution is 6.31. The van der Waals surface area contributed by atoms with Crippen LogP contribution < -0.4 is 5.59 Å². The van der Waals surface area contributed by atoms with E-state index in [1.807, 2.05) is 13.8 Å². The van der Waals surface area contributed by atoms with E-state index in [1.54, 1.807) is 6.20 Å². The van der Waals surface area contributed by atoms with E-state index < -0.39 is 0 Å². The van der Waals surface area contributed by atoms with Gasteiger partial charge < -0.3 is 4.98 Å². The van der Waals surface area contributed by atoms with Gasteiger partial charge in [0.25, 0.3) is 0 Å². The zero-order valence-electron chi connectivity index (χ0n) is 9.32. The van der Waals surface area contributed by atoms with Crippen molar-refractivity contribution < 1.29 is 4.79 Å². The quantitative estimate of drug-likeness (QED) is 0.610. The SMILES string of the molecule is [B]c1cnc2[nH]cc(C(=O)CC(C)C)c2n1. The topological polar surface area (TPSA) is 58.6 Å². The lowest BCUT2D eigenvalue weighted by Crippen LogP contribution is -2.10. The zero-order valence-corrected chi connectivity index (χ0v) is 9.32. The fourth-order valence-corrected chi connectivity index (χ4v) is 1.60. The van der Waals surface area contributed by atoms with E-state index >= 15 is 0 Å². The zero-order chi connectivity index (χ0) is 11.7. The van der Waals surface area contributed by atoms with Gasteiger partial charge in [0.15, 0.2) is 11.4 Å². The van der Waals surface area contributed by atoms with Crippen molar-refractivity contribution in [2.45, 2.75) is 20.3 Å². The summed E-state index contributed by atoms with van der Waals surface area (Å²) in [5, 5.41) is 0. The van der Waals surface area contributed by atoms with E-state index in [4.69, 9.17) is 7.85 Å². The number of fused-ring (bicyclic) bond motifs is 1. The Morgan fingerprint density at radius 3 is 3.00 bits per heavy atom. The lowest BCUT2D eigenvalue weighted by molar-refractivity contribution is 0.0969. The molecule has 0 fully saturated rings. The molecule has 0 saturated heterocycles. The summed E-state index contributed by atoms with van der Waals surface area (Å²) in [5.41, 5.74) is 2.06. The van der Waals surface area contributed by atoms with Crippen molar-refractivity contribution in [1.29, 1.82) is 0 Å². The first-order valence-electron chi connectivity index (χ1n) is 5.20. The van der Waals surface area contributed by atoms with Crippen molar-refractivity contribution in [3.05, 3.63) is 18.0 Å². The standard InChI is InChI=1S/C11H12BN3O/c1-6(2)3-8(16)7-4-13-11-10(7)15-9(12)5-14-11/h4-6H,3H2,1-2H3,(H,13,14). The fraction of sp³-hybridized carbons (Fsp3) is 0.364. The van der Waals surface area contributed by atoms with Gasteiger partial charge in [-0.3, -0.25) is 9.78 Å². The maximum absolute atomic E-state index is 11.9. The molecular formula is C11H12BN3O. The Labute approximate surface area is 94.9 Å². The molecular weight excluding hydrogens is 201 g/mol. The smallest absolute Gasteiger partial charge is 0.166 e. The monoisotopic (exact) mass is 213 g/mol. The number of aromatic amines is 1. The Morgan fingerprint density at radius 2 is 2.31 bits per heavy atom. The number of hydrogen-bond donors (Lipinski definition) is 1. The molecule has 0 aliphatic rings. The Hall–Kier alpha value is -1.65. The highest BCUT2D eigenvalue weighted by Crippen LogP contribution is 2.16. The summed E-state index contributed by atoms with van der Waals surface area (Å²) in [5.74, 6) is 0.396. The van der Waals surface area contributed by atoms with Gasteiger partial charge in [0, 0.05) is 24.4 Å². The molecule has 2 radical (unpaired) electrons. The van der Waals surface area contributed by atoms with E-state index in [2.05, 4.69) is 15.0 Å². The first-order chi connectivity index (χ1) is 7.58. The van der Waals surface area contributed by atoms with E-state index in [0.717, 1.165) is 0 Å². The molecule has 0 amide bonds. The maximum Gasteiger partial charge on any atom is 0.166 e. The van der Waals surface area contributed by atoms with Gasteiger partial charge in [-0.15, -0.1) is 0 Å². The summed E-state index contributed by atoms with van der Waals surface area (Å²) in [6, 6.07) is 0. The van der Waals surface area contributed by atoms with Gasteiger partial charge >= 0.3 is 0 Å². The third-order valence-corrected chi connectivity index (χ3v) is 2.29. The minimum atomic E-state index is 0.0705. The van der Waals surface area contributed by atoms with Crippen LogP contribution in [0.25, 0.3) is 11.2 Å². The first-order valence-corrected chi connectivity index (χ1v) is 5.20.